The van der Waals surface area contributed by atoms with Gasteiger partial charge in [-0.2, -0.15) is 0 Å². The van der Waals surface area contributed by atoms with Gasteiger partial charge in [-0.3, -0.25) is 4.79 Å². The smallest absolute Gasteiger partial charge is 0.313 e. The summed E-state index contributed by atoms with van der Waals surface area (Å²) in [6.07, 6.45) is 4.38. The molecule has 0 fully saturated rings. The summed E-state index contributed by atoms with van der Waals surface area (Å²) in [6.45, 7) is 2.21. The lowest BCUT2D eigenvalue weighted by Gasteiger charge is -2.22. The molecule has 0 N–H and O–H groups in total. The molecule has 0 bridgehead atoms. The second-order valence-electron chi connectivity index (χ2n) is 5.00. The number of aromatic nitrogens is 1. The Morgan fingerprint density at radius 2 is 2.32 bits per heavy atom. The van der Waals surface area contributed by atoms with Crippen molar-refractivity contribution < 1.29 is 14.3 Å². The lowest BCUT2D eigenvalue weighted by atomic mass is 9.84. The van der Waals surface area contributed by atoms with Crippen molar-refractivity contribution in [2.45, 2.75) is 13.3 Å². The zero-order chi connectivity index (χ0) is 15.5. The Kier molecular flexibility index (Phi) is 4.24. The molecule has 0 aliphatic heterocycles. The van der Waals surface area contributed by atoms with Gasteiger partial charge < -0.3 is 9.47 Å². The fraction of sp³-hybridized carbons (Fsp3) is 0.294. The number of thiazole rings is 1. The maximum atomic E-state index is 12.2. The minimum absolute atomic E-state index is 0.190. The van der Waals surface area contributed by atoms with Gasteiger partial charge in [-0.1, -0.05) is 12.1 Å². The molecule has 5 heteroatoms. The molecule has 2 aromatic rings. The number of esters is 1. The van der Waals surface area contributed by atoms with E-state index in [1.165, 1.54) is 0 Å². The number of hydrogen-bond donors (Lipinski definition) is 0. The zero-order valence-electron chi connectivity index (χ0n) is 12.5. The van der Waals surface area contributed by atoms with Crippen LogP contribution in [-0.2, 0) is 16.0 Å². The molecule has 0 radical (unpaired) electrons. The van der Waals surface area contributed by atoms with Crippen LogP contribution in [0.2, 0.25) is 0 Å². The topological polar surface area (TPSA) is 48.4 Å². The highest BCUT2D eigenvalue weighted by atomic mass is 32.1. The van der Waals surface area contributed by atoms with Crippen LogP contribution in [0.4, 0.5) is 0 Å². The highest BCUT2D eigenvalue weighted by Crippen LogP contribution is 2.36. The van der Waals surface area contributed by atoms with Gasteiger partial charge in [-0.15, -0.1) is 11.3 Å². The Morgan fingerprint density at radius 3 is 3.00 bits per heavy atom. The van der Waals surface area contributed by atoms with Crippen LogP contribution in [0.25, 0.3) is 5.57 Å². The average molecular weight is 315 g/mol. The first-order chi connectivity index (χ1) is 10.7. The van der Waals surface area contributed by atoms with E-state index in [0.717, 1.165) is 27.5 Å². The standard InChI is InChI=1S/C17H17NO3S/c1-3-21-17(19)12-8-11-9-13(20-2)4-5-14(11)15(10-12)16-18-6-7-22-16/h4-7,9-10,12H,3,8H2,1-2H3. The first-order valence-corrected chi connectivity index (χ1v) is 8.06. The van der Waals surface area contributed by atoms with E-state index in [-0.39, 0.29) is 11.9 Å². The van der Waals surface area contributed by atoms with Gasteiger partial charge in [0.15, 0.2) is 0 Å². The van der Waals surface area contributed by atoms with Crippen LogP contribution >= 0.6 is 11.3 Å². The van der Waals surface area contributed by atoms with E-state index in [2.05, 4.69) is 4.98 Å². The predicted molar refractivity (Wildman–Crippen MR) is 86.0 cm³/mol. The van der Waals surface area contributed by atoms with Crippen LogP contribution < -0.4 is 4.74 Å². The van der Waals surface area contributed by atoms with Gasteiger partial charge in [0.2, 0.25) is 0 Å². The van der Waals surface area contributed by atoms with E-state index in [9.17, 15) is 4.79 Å². The third-order valence-corrected chi connectivity index (χ3v) is 4.47. The molecule has 114 valence electrons. The SMILES string of the molecule is CCOC(=O)C1C=C(c2nccs2)c2ccc(OC)cc2C1. The van der Waals surface area contributed by atoms with Crippen molar-refractivity contribution in [2.75, 3.05) is 13.7 Å². The quantitative estimate of drug-likeness (QED) is 0.812. The van der Waals surface area contributed by atoms with Crippen LogP contribution in [0.1, 0.15) is 23.1 Å². The minimum atomic E-state index is -0.279. The fourth-order valence-corrected chi connectivity index (χ4v) is 3.34. The molecule has 0 spiro atoms. The maximum Gasteiger partial charge on any atom is 0.313 e. The van der Waals surface area contributed by atoms with Crippen LogP contribution in [0.5, 0.6) is 5.75 Å². The first kappa shape index (κ1) is 14.8. The summed E-state index contributed by atoms with van der Waals surface area (Å²) < 4.78 is 10.5. The van der Waals surface area contributed by atoms with Gasteiger partial charge in [0.25, 0.3) is 0 Å². The third kappa shape index (κ3) is 2.76. The molecule has 1 atom stereocenters. The van der Waals surface area contributed by atoms with Crippen molar-refractivity contribution in [3.8, 4) is 5.75 Å². The van der Waals surface area contributed by atoms with E-state index in [0.29, 0.717) is 13.0 Å². The molecule has 22 heavy (non-hydrogen) atoms. The van der Waals surface area contributed by atoms with Crippen molar-refractivity contribution in [3.63, 3.8) is 0 Å². The second kappa shape index (κ2) is 6.32. The highest BCUT2D eigenvalue weighted by Gasteiger charge is 2.27. The van der Waals surface area contributed by atoms with Gasteiger partial charge in [0.1, 0.15) is 10.8 Å². The average Bonchev–Trinajstić information content (AvgIpc) is 3.07. The Morgan fingerprint density at radius 1 is 1.45 bits per heavy atom. The summed E-state index contributed by atoms with van der Waals surface area (Å²) in [5, 5.41) is 2.85. The maximum absolute atomic E-state index is 12.2. The molecule has 1 aromatic carbocycles. The van der Waals surface area contributed by atoms with Crippen LogP contribution in [-0.4, -0.2) is 24.7 Å². The van der Waals surface area contributed by atoms with Crippen LogP contribution in [0.3, 0.4) is 0 Å². The van der Waals surface area contributed by atoms with E-state index in [1.54, 1.807) is 24.6 Å². The van der Waals surface area contributed by atoms with E-state index >= 15 is 0 Å². The number of nitrogens with zero attached hydrogens (tertiary/aromatic N) is 1. The molecule has 1 aliphatic carbocycles. The van der Waals surface area contributed by atoms with Gasteiger partial charge in [-0.25, -0.2) is 4.98 Å². The number of fused-ring (bicyclic) bond motifs is 1. The van der Waals surface area contributed by atoms with Crippen molar-refractivity contribution in [3.05, 3.63) is 52.0 Å². The third-order valence-electron chi connectivity index (χ3n) is 3.66. The summed E-state index contributed by atoms with van der Waals surface area (Å²) in [4.78, 5) is 16.6. The van der Waals surface area contributed by atoms with Gasteiger partial charge in [0.05, 0.1) is 19.6 Å². The molecule has 1 unspecified atom stereocenters. The molecule has 0 amide bonds. The number of methoxy groups -OCH3 is 1. The molecule has 3 rings (SSSR count). The molecule has 0 saturated carbocycles. The molecule has 0 saturated heterocycles. The van der Waals surface area contributed by atoms with E-state index in [4.69, 9.17) is 9.47 Å². The molecular formula is C17H17NO3S. The lowest BCUT2D eigenvalue weighted by Crippen LogP contribution is -2.22. The van der Waals surface area contributed by atoms with Gasteiger partial charge >= 0.3 is 5.97 Å². The molecule has 4 nitrogen and oxygen atoms in total. The van der Waals surface area contributed by atoms with Crippen LogP contribution in [0, 0.1) is 5.92 Å². The molecular weight excluding hydrogens is 298 g/mol. The summed E-state index contributed by atoms with van der Waals surface area (Å²) in [6, 6.07) is 5.95. The first-order valence-electron chi connectivity index (χ1n) is 7.18. The van der Waals surface area contributed by atoms with Crippen molar-refractivity contribution in [2.24, 2.45) is 5.92 Å². The highest BCUT2D eigenvalue weighted by molar-refractivity contribution is 7.10. The Balaban J connectivity index is 2.06. The zero-order valence-corrected chi connectivity index (χ0v) is 13.4. The normalized spacial score (nSPS) is 16.6. The number of carbonyl (C=O) groups excluding carboxylic acids is 1. The Bertz CT molecular complexity index is 707. The second-order valence-corrected chi connectivity index (χ2v) is 5.90. The number of benzene rings is 1. The Labute approximate surface area is 133 Å². The summed E-state index contributed by atoms with van der Waals surface area (Å²) in [5.41, 5.74) is 3.19. The number of carbonyl (C=O) groups is 1. The van der Waals surface area contributed by atoms with Gasteiger partial charge in [0, 0.05) is 17.2 Å². The van der Waals surface area contributed by atoms with E-state index in [1.807, 2.05) is 36.6 Å². The Hall–Kier alpha value is -2.14. The summed E-state index contributed by atoms with van der Waals surface area (Å²) in [7, 11) is 1.64. The number of hydrogen-bond acceptors (Lipinski definition) is 5. The fourth-order valence-electron chi connectivity index (χ4n) is 2.66. The summed E-state index contributed by atoms with van der Waals surface area (Å²) in [5.74, 6) is 0.324. The predicted octanol–water partition coefficient (Wildman–Crippen LogP) is 3.32. The van der Waals surface area contributed by atoms with E-state index < -0.39 is 0 Å². The number of ether oxygens (including phenoxy) is 2. The van der Waals surface area contributed by atoms with Gasteiger partial charge in [-0.05, 0) is 36.6 Å². The summed E-state index contributed by atoms with van der Waals surface area (Å²) >= 11 is 1.57. The van der Waals surface area contributed by atoms with Crippen molar-refractivity contribution in [1.29, 1.82) is 0 Å². The lowest BCUT2D eigenvalue weighted by molar-refractivity contribution is -0.146. The minimum Gasteiger partial charge on any atom is -0.497 e. The van der Waals surface area contributed by atoms with Crippen LogP contribution in [0.15, 0.2) is 35.9 Å². The molecule has 1 heterocycles. The molecule has 1 aromatic heterocycles. The monoisotopic (exact) mass is 315 g/mol. The van der Waals surface area contributed by atoms with Crippen molar-refractivity contribution >= 4 is 22.9 Å². The number of rotatable bonds is 4. The van der Waals surface area contributed by atoms with Crippen molar-refractivity contribution in [1.82, 2.24) is 4.98 Å². The largest absolute Gasteiger partial charge is 0.497 e. The molecule has 1 aliphatic rings.